The van der Waals surface area contributed by atoms with Crippen molar-refractivity contribution in [3.8, 4) is 0 Å². The molecule has 2 aromatic heterocycles. The van der Waals surface area contributed by atoms with Crippen LogP contribution in [0.1, 0.15) is 41.4 Å². The van der Waals surface area contributed by atoms with E-state index in [9.17, 15) is 0 Å². The Bertz CT molecular complexity index is 634. The molecular weight excluding hydrogens is 280 g/mol. The molecule has 2 aromatic rings. The van der Waals surface area contributed by atoms with Crippen molar-refractivity contribution in [1.82, 2.24) is 9.97 Å². The quantitative estimate of drug-likeness (QED) is 0.752. The van der Waals surface area contributed by atoms with Gasteiger partial charge >= 0.3 is 0 Å². The first kappa shape index (κ1) is 12.1. The van der Waals surface area contributed by atoms with Gasteiger partial charge in [-0.25, -0.2) is 9.97 Å². The number of nitrogens with zero attached hydrogens (tertiary/aromatic N) is 2. The summed E-state index contributed by atoms with van der Waals surface area (Å²) in [6, 6.07) is 0. The Morgan fingerprint density at radius 3 is 2.95 bits per heavy atom. The van der Waals surface area contributed by atoms with Gasteiger partial charge in [-0.3, -0.25) is 0 Å². The van der Waals surface area contributed by atoms with Gasteiger partial charge in [0.15, 0.2) is 0 Å². The standard InChI is InChI=1S/C14H15ClN2OS/c15-12-11-9-3-1-2-4-10(9)19-14(11)17-13(16-12)8-5-6-18-7-8/h8H,1-7H2. The van der Waals surface area contributed by atoms with Crippen LogP contribution in [0.3, 0.4) is 0 Å². The molecule has 0 saturated carbocycles. The minimum Gasteiger partial charge on any atom is -0.381 e. The van der Waals surface area contributed by atoms with Crippen LogP contribution in [-0.2, 0) is 17.6 Å². The molecule has 4 rings (SSSR count). The van der Waals surface area contributed by atoms with Gasteiger partial charge in [0.1, 0.15) is 15.8 Å². The topological polar surface area (TPSA) is 35.0 Å². The summed E-state index contributed by atoms with van der Waals surface area (Å²) < 4.78 is 5.43. The van der Waals surface area contributed by atoms with E-state index in [1.54, 1.807) is 0 Å². The molecule has 100 valence electrons. The van der Waals surface area contributed by atoms with Gasteiger partial charge in [0.05, 0.1) is 12.0 Å². The first-order valence-corrected chi connectivity index (χ1v) is 8.08. The zero-order chi connectivity index (χ0) is 12.8. The van der Waals surface area contributed by atoms with E-state index in [2.05, 4.69) is 4.98 Å². The SMILES string of the molecule is Clc1nc(C2CCOC2)nc2sc3c(c12)CCCC3. The average molecular weight is 295 g/mol. The van der Waals surface area contributed by atoms with Crippen LogP contribution in [-0.4, -0.2) is 23.2 Å². The third kappa shape index (κ3) is 1.97. The number of aryl methyl sites for hydroxylation is 2. The van der Waals surface area contributed by atoms with Gasteiger partial charge < -0.3 is 4.74 Å². The predicted octanol–water partition coefficient (Wildman–Crippen LogP) is 3.73. The summed E-state index contributed by atoms with van der Waals surface area (Å²) in [6.45, 7) is 1.54. The molecule has 1 aliphatic heterocycles. The van der Waals surface area contributed by atoms with Crippen LogP contribution in [0.4, 0.5) is 0 Å². The van der Waals surface area contributed by atoms with Gasteiger partial charge in [-0.05, 0) is 37.7 Å². The molecule has 1 aliphatic carbocycles. The highest BCUT2D eigenvalue weighted by molar-refractivity contribution is 7.19. The highest BCUT2D eigenvalue weighted by Crippen LogP contribution is 2.39. The first-order chi connectivity index (χ1) is 9.33. The molecule has 1 fully saturated rings. The second-order valence-electron chi connectivity index (χ2n) is 5.32. The van der Waals surface area contributed by atoms with E-state index < -0.39 is 0 Å². The van der Waals surface area contributed by atoms with Gasteiger partial charge in [-0.15, -0.1) is 11.3 Å². The molecular formula is C14H15ClN2OS. The Balaban J connectivity index is 1.87. The van der Waals surface area contributed by atoms with Crippen LogP contribution in [0.15, 0.2) is 0 Å². The third-order valence-corrected chi connectivity index (χ3v) is 5.54. The van der Waals surface area contributed by atoms with Crippen LogP contribution < -0.4 is 0 Å². The van der Waals surface area contributed by atoms with E-state index in [1.165, 1.54) is 29.7 Å². The Morgan fingerprint density at radius 1 is 1.21 bits per heavy atom. The third-order valence-electron chi connectivity index (χ3n) is 4.08. The van der Waals surface area contributed by atoms with Gasteiger partial charge in [-0.1, -0.05) is 11.6 Å². The maximum Gasteiger partial charge on any atom is 0.141 e. The van der Waals surface area contributed by atoms with Crippen molar-refractivity contribution in [3.05, 3.63) is 21.4 Å². The molecule has 19 heavy (non-hydrogen) atoms. The lowest BCUT2D eigenvalue weighted by Crippen LogP contribution is -2.04. The van der Waals surface area contributed by atoms with E-state index in [0.717, 1.165) is 42.1 Å². The molecule has 0 amide bonds. The molecule has 1 saturated heterocycles. The molecule has 0 aromatic carbocycles. The monoisotopic (exact) mass is 294 g/mol. The second kappa shape index (κ2) is 4.69. The fourth-order valence-corrected chi connectivity index (χ4v) is 4.66. The Labute approximate surface area is 121 Å². The summed E-state index contributed by atoms with van der Waals surface area (Å²) >= 11 is 8.24. The molecule has 3 nitrogen and oxygen atoms in total. The van der Waals surface area contributed by atoms with Crippen LogP contribution >= 0.6 is 22.9 Å². The lowest BCUT2D eigenvalue weighted by molar-refractivity contribution is 0.193. The van der Waals surface area contributed by atoms with Gasteiger partial charge in [0.2, 0.25) is 0 Å². The second-order valence-corrected chi connectivity index (χ2v) is 6.77. The van der Waals surface area contributed by atoms with Crippen molar-refractivity contribution in [3.63, 3.8) is 0 Å². The number of rotatable bonds is 1. The molecule has 5 heteroatoms. The summed E-state index contributed by atoms with van der Waals surface area (Å²) in [5, 5.41) is 1.76. The van der Waals surface area contributed by atoms with Gasteiger partial charge in [0.25, 0.3) is 0 Å². The first-order valence-electron chi connectivity index (χ1n) is 6.88. The van der Waals surface area contributed by atoms with Crippen LogP contribution in [0.2, 0.25) is 5.15 Å². The van der Waals surface area contributed by atoms with E-state index in [4.69, 9.17) is 21.3 Å². The molecule has 0 spiro atoms. The Hall–Kier alpha value is -0.710. The highest BCUT2D eigenvalue weighted by atomic mass is 35.5. The number of hydrogen-bond donors (Lipinski definition) is 0. The smallest absolute Gasteiger partial charge is 0.141 e. The molecule has 1 unspecified atom stereocenters. The maximum atomic E-state index is 6.43. The molecule has 0 bridgehead atoms. The van der Waals surface area contributed by atoms with Gasteiger partial charge in [0, 0.05) is 17.4 Å². The molecule has 1 atom stereocenters. The number of aromatic nitrogens is 2. The Kier molecular flexibility index (Phi) is 2.98. The van der Waals surface area contributed by atoms with Crippen LogP contribution in [0.25, 0.3) is 10.2 Å². The van der Waals surface area contributed by atoms with Crippen molar-refractivity contribution < 1.29 is 4.74 Å². The number of halogens is 1. The zero-order valence-electron chi connectivity index (χ0n) is 10.6. The van der Waals surface area contributed by atoms with Gasteiger partial charge in [-0.2, -0.15) is 0 Å². The van der Waals surface area contributed by atoms with Crippen molar-refractivity contribution in [2.75, 3.05) is 13.2 Å². The fraction of sp³-hybridized carbons (Fsp3) is 0.571. The minimum absolute atomic E-state index is 0.320. The maximum absolute atomic E-state index is 6.43. The summed E-state index contributed by atoms with van der Waals surface area (Å²) in [4.78, 5) is 11.9. The predicted molar refractivity (Wildman–Crippen MR) is 77.2 cm³/mol. The van der Waals surface area contributed by atoms with Crippen molar-refractivity contribution in [2.24, 2.45) is 0 Å². The normalized spacial score (nSPS) is 22.9. The summed E-state index contributed by atoms with van der Waals surface area (Å²) in [6.07, 6.45) is 5.85. The molecule has 0 radical (unpaired) electrons. The number of thiophene rings is 1. The Morgan fingerprint density at radius 2 is 2.11 bits per heavy atom. The molecule has 3 heterocycles. The van der Waals surface area contributed by atoms with E-state index in [0.29, 0.717) is 11.1 Å². The van der Waals surface area contributed by atoms with Crippen LogP contribution in [0.5, 0.6) is 0 Å². The van der Waals surface area contributed by atoms with Crippen molar-refractivity contribution in [2.45, 2.75) is 38.0 Å². The van der Waals surface area contributed by atoms with Crippen LogP contribution in [0, 0.1) is 0 Å². The summed E-state index contributed by atoms with van der Waals surface area (Å²) in [5.74, 6) is 1.19. The average Bonchev–Trinajstić information content (AvgIpc) is 3.05. The minimum atomic E-state index is 0.320. The largest absolute Gasteiger partial charge is 0.381 e. The summed E-state index contributed by atoms with van der Waals surface area (Å²) in [5.41, 5.74) is 1.41. The summed E-state index contributed by atoms with van der Waals surface area (Å²) in [7, 11) is 0. The highest BCUT2D eigenvalue weighted by Gasteiger charge is 2.25. The fourth-order valence-electron chi connectivity index (χ4n) is 3.05. The number of hydrogen-bond acceptors (Lipinski definition) is 4. The lowest BCUT2D eigenvalue weighted by atomic mass is 9.97. The number of fused-ring (bicyclic) bond motifs is 3. The van der Waals surface area contributed by atoms with E-state index in [-0.39, 0.29) is 0 Å². The number of ether oxygens (including phenoxy) is 1. The lowest BCUT2D eigenvalue weighted by Gasteiger charge is -2.11. The van der Waals surface area contributed by atoms with Crippen molar-refractivity contribution in [1.29, 1.82) is 0 Å². The van der Waals surface area contributed by atoms with E-state index in [1.807, 2.05) is 11.3 Å². The molecule has 0 N–H and O–H groups in total. The van der Waals surface area contributed by atoms with E-state index >= 15 is 0 Å². The zero-order valence-corrected chi connectivity index (χ0v) is 12.2. The van der Waals surface area contributed by atoms with Crippen molar-refractivity contribution >= 4 is 33.2 Å². The molecule has 2 aliphatic rings.